The Balaban J connectivity index is 1.72. The summed E-state index contributed by atoms with van der Waals surface area (Å²) in [5.41, 5.74) is 2.10. The first-order chi connectivity index (χ1) is 13.4. The van der Waals surface area contributed by atoms with Crippen molar-refractivity contribution in [1.82, 2.24) is 9.47 Å². The molecule has 0 spiro atoms. The zero-order chi connectivity index (χ0) is 20.1. The monoisotopic (exact) mass is 382 g/mol. The summed E-state index contributed by atoms with van der Waals surface area (Å²) in [6, 6.07) is 10.2. The van der Waals surface area contributed by atoms with Crippen LogP contribution in [0.15, 0.2) is 41.2 Å². The highest BCUT2D eigenvalue weighted by molar-refractivity contribution is 5.99. The largest absolute Gasteiger partial charge is 0.341 e. The molecule has 0 bridgehead atoms. The Morgan fingerprint density at radius 3 is 2.46 bits per heavy atom. The van der Waals surface area contributed by atoms with Crippen LogP contribution in [0.5, 0.6) is 0 Å². The first-order valence-corrected chi connectivity index (χ1v) is 9.57. The number of carbonyl (C=O) groups excluding carboxylic acids is 2. The summed E-state index contributed by atoms with van der Waals surface area (Å²) in [7, 11) is 0. The third-order valence-corrected chi connectivity index (χ3v) is 4.92. The first-order valence-electron chi connectivity index (χ1n) is 9.57. The van der Waals surface area contributed by atoms with Gasteiger partial charge in [-0.05, 0) is 62.9 Å². The van der Waals surface area contributed by atoms with Crippen molar-refractivity contribution >= 4 is 23.3 Å². The summed E-state index contributed by atoms with van der Waals surface area (Å²) >= 11 is 0. The lowest BCUT2D eigenvalue weighted by Crippen LogP contribution is -2.40. The van der Waals surface area contributed by atoms with Crippen LogP contribution in [-0.2, 0) is 11.3 Å². The summed E-state index contributed by atoms with van der Waals surface area (Å²) in [4.78, 5) is 39.4. The van der Waals surface area contributed by atoms with Crippen molar-refractivity contribution in [2.75, 3.05) is 23.7 Å². The quantitative estimate of drug-likeness (QED) is 0.852. The van der Waals surface area contributed by atoms with Gasteiger partial charge in [0.25, 0.3) is 5.56 Å². The minimum Gasteiger partial charge on any atom is -0.341 e. The SMILES string of the molecule is Cc1cccc(NC(=O)Nc2ccc(C)n(CC(=O)N3CCCCC3)c2=O)c1. The highest BCUT2D eigenvalue weighted by Crippen LogP contribution is 2.12. The number of aromatic nitrogens is 1. The molecule has 148 valence electrons. The number of hydrogen-bond acceptors (Lipinski definition) is 3. The smallest absolute Gasteiger partial charge is 0.323 e. The van der Waals surface area contributed by atoms with Crippen molar-refractivity contribution in [2.45, 2.75) is 39.7 Å². The third kappa shape index (κ3) is 4.79. The molecule has 1 aliphatic rings. The van der Waals surface area contributed by atoms with E-state index in [0.717, 1.165) is 37.9 Å². The summed E-state index contributed by atoms with van der Waals surface area (Å²) in [6.07, 6.45) is 3.14. The van der Waals surface area contributed by atoms with Gasteiger partial charge in [0, 0.05) is 24.5 Å². The van der Waals surface area contributed by atoms with Gasteiger partial charge in [-0.1, -0.05) is 12.1 Å². The van der Waals surface area contributed by atoms with Crippen LogP contribution in [0.1, 0.15) is 30.5 Å². The fraction of sp³-hybridized carbons (Fsp3) is 0.381. The van der Waals surface area contributed by atoms with Crippen molar-refractivity contribution in [2.24, 2.45) is 0 Å². The lowest BCUT2D eigenvalue weighted by atomic mass is 10.1. The number of likely N-dealkylation sites (tertiary alicyclic amines) is 1. The molecule has 0 aliphatic carbocycles. The summed E-state index contributed by atoms with van der Waals surface area (Å²) < 4.78 is 1.42. The number of rotatable bonds is 4. The molecule has 0 atom stereocenters. The van der Waals surface area contributed by atoms with Gasteiger partial charge in [0.05, 0.1) is 0 Å². The van der Waals surface area contributed by atoms with Gasteiger partial charge in [-0.2, -0.15) is 0 Å². The van der Waals surface area contributed by atoms with Crippen molar-refractivity contribution in [3.8, 4) is 0 Å². The molecule has 3 rings (SSSR count). The number of amides is 3. The van der Waals surface area contributed by atoms with Crippen molar-refractivity contribution in [3.05, 3.63) is 58.0 Å². The maximum Gasteiger partial charge on any atom is 0.323 e. The maximum absolute atomic E-state index is 12.8. The standard InChI is InChI=1S/C21H26N4O3/c1-15-7-6-8-17(13-15)22-21(28)23-18-10-9-16(2)25(20(18)27)14-19(26)24-11-4-3-5-12-24/h6-10,13H,3-5,11-12,14H2,1-2H3,(H2,22,23,28). The average Bonchev–Trinajstić information content (AvgIpc) is 2.68. The Kier molecular flexibility index (Phi) is 6.13. The molecule has 28 heavy (non-hydrogen) atoms. The Bertz CT molecular complexity index is 929. The molecule has 7 nitrogen and oxygen atoms in total. The van der Waals surface area contributed by atoms with E-state index < -0.39 is 6.03 Å². The third-order valence-electron chi connectivity index (χ3n) is 4.92. The number of urea groups is 1. The molecule has 0 radical (unpaired) electrons. The molecule has 2 N–H and O–H groups in total. The highest BCUT2D eigenvalue weighted by Gasteiger charge is 2.19. The number of nitrogens with one attached hydrogen (secondary N) is 2. The van der Waals surface area contributed by atoms with Gasteiger partial charge in [0.2, 0.25) is 5.91 Å². The van der Waals surface area contributed by atoms with E-state index in [1.807, 2.05) is 25.1 Å². The number of hydrogen-bond donors (Lipinski definition) is 2. The number of piperidine rings is 1. The molecule has 1 aromatic carbocycles. The number of carbonyl (C=O) groups is 2. The van der Waals surface area contributed by atoms with E-state index in [0.29, 0.717) is 11.4 Å². The van der Waals surface area contributed by atoms with Gasteiger partial charge in [-0.3, -0.25) is 9.59 Å². The predicted molar refractivity (Wildman–Crippen MR) is 110 cm³/mol. The van der Waals surface area contributed by atoms with Gasteiger partial charge < -0.3 is 20.1 Å². The molecular formula is C21H26N4O3. The van der Waals surface area contributed by atoms with E-state index >= 15 is 0 Å². The number of pyridine rings is 1. The number of aryl methyl sites for hydroxylation is 2. The van der Waals surface area contributed by atoms with E-state index in [-0.39, 0.29) is 23.7 Å². The van der Waals surface area contributed by atoms with Crippen LogP contribution in [0.25, 0.3) is 0 Å². The minimum atomic E-state index is -0.500. The fourth-order valence-electron chi connectivity index (χ4n) is 3.35. The molecule has 1 aromatic heterocycles. The van der Waals surface area contributed by atoms with E-state index in [1.165, 1.54) is 4.57 Å². The fourth-order valence-corrected chi connectivity index (χ4v) is 3.35. The van der Waals surface area contributed by atoms with Crippen LogP contribution in [0.4, 0.5) is 16.2 Å². The van der Waals surface area contributed by atoms with E-state index in [9.17, 15) is 14.4 Å². The van der Waals surface area contributed by atoms with Crippen LogP contribution >= 0.6 is 0 Å². The number of nitrogens with zero attached hydrogens (tertiary/aromatic N) is 2. The van der Waals surface area contributed by atoms with Gasteiger partial charge >= 0.3 is 6.03 Å². The van der Waals surface area contributed by atoms with Crippen molar-refractivity contribution in [3.63, 3.8) is 0 Å². The molecule has 0 saturated carbocycles. The van der Waals surface area contributed by atoms with E-state index in [2.05, 4.69) is 10.6 Å². The lowest BCUT2D eigenvalue weighted by Gasteiger charge is -2.27. The van der Waals surface area contributed by atoms with E-state index in [4.69, 9.17) is 0 Å². The minimum absolute atomic E-state index is 0.0142. The predicted octanol–water partition coefficient (Wildman–Crippen LogP) is 3.12. The van der Waals surface area contributed by atoms with Crippen LogP contribution < -0.4 is 16.2 Å². The zero-order valence-electron chi connectivity index (χ0n) is 16.3. The van der Waals surface area contributed by atoms with Gasteiger partial charge in [0.1, 0.15) is 12.2 Å². The summed E-state index contributed by atoms with van der Waals surface area (Å²) in [6.45, 7) is 5.18. The first kappa shape index (κ1) is 19.7. The molecule has 0 unspecified atom stereocenters. The topological polar surface area (TPSA) is 83.4 Å². The Morgan fingerprint density at radius 1 is 1.00 bits per heavy atom. The van der Waals surface area contributed by atoms with Gasteiger partial charge in [-0.15, -0.1) is 0 Å². The lowest BCUT2D eigenvalue weighted by molar-refractivity contribution is -0.132. The Hall–Kier alpha value is -3.09. The second-order valence-electron chi connectivity index (χ2n) is 7.17. The van der Waals surface area contributed by atoms with Crippen LogP contribution in [0.2, 0.25) is 0 Å². The average molecular weight is 382 g/mol. The molecule has 1 fully saturated rings. The molecule has 7 heteroatoms. The van der Waals surface area contributed by atoms with Gasteiger partial charge in [0.15, 0.2) is 0 Å². The normalized spacial score (nSPS) is 13.9. The highest BCUT2D eigenvalue weighted by atomic mass is 16.2. The molecule has 1 aliphatic heterocycles. The number of anilines is 2. The number of benzene rings is 1. The molecular weight excluding hydrogens is 356 g/mol. The second kappa shape index (κ2) is 8.73. The molecule has 1 saturated heterocycles. The van der Waals surface area contributed by atoms with Crippen LogP contribution in [0, 0.1) is 13.8 Å². The molecule has 2 aromatic rings. The summed E-state index contributed by atoms with van der Waals surface area (Å²) in [5, 5.41) is 5.30. The Labute approximate surface area is 164 Å². The second-order valence-corrected chi connectivity index (χ2v) is 7.17. The van der Waals surface area contributed by atoms with Crippen LogP contribution in [-0.4, -0.2) is 34.5 Å². The maximum atomic E-state index is 12.8. The zero-order valence-corrected chi connectivity index (χ0v) is 16.3. The Morgan fingerprint density at radius 2 is 1.75 bits per heavy atom. The van der Waals surface area contributed by atoms with Crippen LogP contribution in [0.3, 0.4) is 0 Å². The van der Waals surface area contributed by atoms with E-state index in [1.54, 1.807) is 30.0 Å². The molecule has 2 heterocycles. The van der Waals surface area contributed by atoms with Crippen molar-refractivity contribution < 1.29 is 9.59 Å². The van der Waals surface area contributed by atoms with Gasteiger partial charge in [-0.25, -0.2) is 4.79 Å². The molecule has 3 amide bonds. The van der Waals surface area contributed by atoms with Crippen molar-refractivity contribution in [1.29, 1.82) is 0 Å². The summed E-state index contributed by atoms with van der Waals surface area (Å²) in [5.74, 6) is -0.0636.